The van der Waals surface area contributed by atoms with Gasteiger partial charge in [-0.1, -0.05) is 24.0 Å². The molecule has 1 N–H and O–H groups in total. The predicted octanol–water partition coefficient (Wildman–Crippen LogP) is 2.97. The van der Waals surface area contributed by atoms with Crippen LogP contribution in [-0.4, -0.2) is 90.0 Å². The summed E-state index contributed by atoms with van der Waals surface area (Å²) in [6.07, 6.45) is 3.66. The van der Waals surface area contributed by atoms with Crippen LogP contribution in [0.1, 0.15) is 30.5 Å². The number of aromatic nitrogens is 2. The first-order chi connectivity index (χ1) is 19.6. The van der Waals surface area contributed by atoms with Crippen molar-refractivity contribution in [2.75, 3.05) is 51.8 Å². The van der Waals surface area contributed by atoms with Gasteiger partial charge in [0.2, 0.25) is 0 Å². The van der Waals surface area contributed by atoms with E-state index in [0.717, 1.165) is 47.6 Å². The van der Waals surface area contributed by atoms with Crippen LogP contribution in [-0.2, 0) is 11.2 Å². The number of carbonyl (C=O) groups excluding carboxylic acids is 2. The van der Waals surface area contributed by atoms with Crippen LogP contribution in [0, 0.1) is 17.7 Å². The van der Waals surface area contributed by atoms with Gasteiger partial charge in [-0.3, -0.25) is 9.69 Å². The second kappa shape index (κ2) is 11.7. The molecule has 0 saturated carbocycles. The molecule has 2 aliphatic heterocycles. The minimum Gasteiger partial charge on any atom is -0.489 e. The zero-order valence-electron chi connectivity index (χ0n) is 23.9. The van der Waals surface area contributed by atoms with Gasteiger partial charge < -0.3 is 19.9 Å². The Labute approximate surface area is 239 Å². The number of halogens is 1. The van der Waals surface area contributed by atoms with Crippen molar-refractivity contribution in [2.45, 2.75) is 31.8 Å². The quantitative estimate of drug-likeness (QED) is 0.496. The molecule has 9 nitrogen and oxygen atoms in total. The highest BCUT2D eigenvalue weighted by molar-refractivity contribution is 6.00. The SMILES string of the molecule is CN1CCN(C(C)(C)C#Cc2ccc3c(c2)N(C)C(=O)[C@@H](NC(=O)n2cc(Cc4ccc(F)cc4)cn2)CO3)CC1. The Morgan fingerprint density at radius 1 is 1.10 bits per heavy atom. The van der Waals surface area contributed by atoms with E-state index in [-0.39, 0.29) is 23.9 Å². The standard InChI is InChI=1S/C31H35FN6O3/c1-31(2,37-15-13-35(3)14-16-37)12-11-23-7-10-28-27(18-23)36(4)29(39)26(21-41-28)34-30(40)38-20-24(19-33-38)17-22-5-8-25(32)9-6-22/h5-10,18-20,26H,13-17,21H2,1-4H3,(H,34,40)/t26-/m0/s1. The van der Waals surface area contributed by atoms with Gasteiger partial charge in [-0.15, -0.1) is 0 Å². The average molecular weight is 559 g/mol. The number of nitrogens with one attached hydrogen (secondary N) is 1. The molecule has 41 heavy (non-hydrogen) atoms. The number of rotatable bonds is 4. The van der Waals surface area contributed by atoms with Crippen molar-refractivity contribution in [3.8, 4) is 17.6 Å². The first-order valence-electron chi connectivity index (χ1n) is 13.7. The molecule has 1 aromatic heterocycles. The van der Waals surface area contributed by atoms with Crippen LogP contribution in [0.4, 0.5) is 14.9 Å². The Hall–Kier alpha value is -4.20. The summed E-state index contributed by atoms with van der Waals surface area (Å²) in [6.45, 7) is 8.21. The molecule has 1 fully saturated rings. The van der Waals surface area contributed by atoms with E-state index in [0.29, 0.717) is 17.9 Å². The minimum absolute atomic E-state index is 0.0208. The first-order valence-corrected chi connectivity index (χ1v) is 13.7. The molecular weight excluding hydrogens is 523 g/mol. The highest BCUT2D eigenvalue weighted by Gasteiger charge is 2.31. The molecule has 0 aliphatic carbocycles. The molecule has 3 heterocycles. The van der Waals surface area contributed by atoms with Gasteiger partial charge in [-0.05, 0) is 62.4 Å². The summed E-state index contributed by atoms with van der Waals surface area (Å²) in [6, 6.07) is 10.2. The highest BCUT2D eigenvalue weighted by atomic mass is 19.1. The van der Waals surface area contributed by atoms with Crippen LogP contribution in [0.5, 0.6) is 5.75 Å². The number of benzene rings is 2. The van der Waals surface area contributed by atoms with Gasteiger partial charge in [0.15, 0.2) is 0 Å². The van der Waals surface area contributed by atoms with Gasteiger partial charge >= 0.3 is 6.03 Å². The molecule has 0 spiro atoms. The number of likely N-dealkylation sites (N-methyl/N-ethyl adjacent to an activating group) is 2. The number of carbonyl (C=O) groups is 2. The van der Waals surface area contributed by atoms with Crippen molar-refractivity contribution in [2.24, 2.45) is 0 Å². The van der Waals surface area contributed by atoms with E-state index in [1.807, 2.05) is 18.2 Å². The van der Waals surface area contributed by atoms with E-state index in [1.165, 1.54) is 17.0 Å². The summed E-state index contributed by atoms with van der Waals surface area (Å²) >= 11 is 0. The number of piperazine rings is 1. The summed E-state index contributed by atoms with van der Waals surface area (Å²) in [4.78, 5) is 32.5. The van der Waals surface area contributed by atoms with Crippen LogP contribution in [0.3, 0.4) is 0 Å². The second-order valence-electron chi connectivity index (χ2n) is 11.1. The van der Waals surface area contributed by atoms with Crippen molar-refractivity contribution in [1.82, 2.24) is 24.9 Å². The van der Waals surface area contributed by atoms with E-state index in [1.54, 1.807) is 31.6 Å². The Morgan fingerprint density at radius 2 is 1.83 bits per heavy atom. The lowest BCUT2D eigenvalue weighted by Crippen LogP contribution is -2.53. The molecule has 0 radical (unpaired) electrons. The first kappa shape index (κ1) is 28.3. The van der Waals surface area contributed by atoms with Gasteiger partial charge in [0, 0.05) is 51.4 Å². The number of anilines is 1. The number of hydrogen-bond donors (Lipinski definition) is 1. The second-order valence-corrected chi connectivity index (χ2v) is 11.1. The third-order valence-corrected chi connectivity index (χ3v) is 7.62. The minimum atomic E-state index is -0.907. The van der Waals surface area contributed by atoms with Crippen LogP contribution in [0.25, 0.3) is 0 Å². The summed E-state index contributed by atoms with van der Waals surface area (Å²) in [5.41, 5.74) is 2.76. The smallest absolute Gasteiger partial charge is 0.342 e. The molecular formula is C31H35FN6O3. The number of amides is 2. The zero-order valence-corrected chi connectivity index (χ0v) is 23.9. The van der Waals surface area contributed by atoms with Crippen molar-refractivity contribution in [3.63, 3.8) is 0 Å². The molecule has 1 saturated heterocycles. The van der Waals surface area contributed by atoms with E-state index in [2.05, 4.69) is 53.0 Å². The van der Waals surface area contributed by atoms with Crippen molar-refractivity contribution in [3.05, 3.63) is 77.4 Å². The Balaban J connectivity index is 1.24. The van der Waals surface area contributed by atoms with Crippen LogP contribution in [0.2, 0.25) is 0 Å². The monoisotopic (exact) mass is 558 g/mol. The summed E-state index contributed by atoms with van der Waals surface area (Å²) < 4.78 is 20.3. The Bertz CT molecular complexity index is 1480. The summed E-state index contributed by atoms with van der Waals surface area (Å²) in [5.74, 6) is 6.63. The topological polar surface area (TPSA) is 82.9 Å². The fourth-order valence-corrected chi connectivity index (χ4v) is 4.96. The number of fused-ring (bicyclic) bond motifs is 1. The predicted molar refractivity (Wildman–Crippen MR) is 155 cm³/mol. The summed E-state index contributed by atoms with van der Waals surface area (Å²) in [7, 11) is 3.79. The molecule has 214 valence electrons. The van der Waals surface area contributed by atoms with Gasteiger partial charge in [-0.2, -0.15) is 9.78 Å². The van der Waals surface area contributed by atoms with Gasteiger partial charge in [0.1, 0.15) is 24.2 Å². The molecule has 3 aromatic rings. The van der Waals surface area contributed by atoms with Crippen molar-refractivity contribution < 1.29 is 18.7 Å². The number of nitrogens with zero attached hydrogens (tertiary/aromatic N) is 5. The van der Waals surface area contributed by atoms with Gasteiger partial charge in [0.25, 0.3) is 5.91 Å². The maximum Gasteiger partial charge on any atom is 0.342 e. The molecule has 2 aromatic carbocycles. The van der Waals surface area contributed by atoms with E-state index in [4.69, 9.17) is 4.74 Å². The third-order valence-electron chi connectivity index (χ3n) is 7.62. The zero-order chi connectivity index (χ0) is 29.1. The van der Waals surface area contributed by atoms with E-state index < -0.39 is 12.1 Å². The fraction of sp³-hybridized carbons (Fsp3) is 0.387. The fourth-order valence-electron chi connectivity index (χ4n) is 4.96. The molecule has 2 amide bonds. The van der Waals surface area contributed by atoms with Crippen LogP contribution >= 0.6 is 0 Å². The molecule has 1 atom stereocenters. The lowest BCUT2D eigenvalue weighted by molar-refractivity contribution is -0.120. The molecule has 0 bridgehead atoms. The molecule has 5 rings (SSSR count). The van der Waals surface area contributed by atoms with Gasteiger partial charge in [0.05, 0.1) is 17.4 Å². The average Bonchev–Trinajstić information content (AvgIpc) is 3.39. The Morgan fingerprint density at radius 3 is 2.56 bits per heavy atom. The maximum atomic E-state index is 13.3. The maximum absolute atomic E-state index is 13.3. The molecule has 0 unspecified atom stereocenters. The van der Waals surface area contributed by atoms with Crippen LogP contribution in [0.15, 0.2) is 54.9 Å². The van der Waals surface area contributed by atoms with Crippen molar-refractivity contribution >= 4 is 17.6 Å². The van der Waals surface area contributed by atoms with Gasteiger partial charge in [-0.25, -0.2) is 9.18 Å². The largest absolute Gasteiger partial charge is 0.489 e. The van der Waals surface area contributed by atoms with Crippen LogP contribution < -0.4 is 15.0 Å². The normalized spacial score (nSPS) is 18.1. The number of hydrogen-bond acceptors (Lipinski definition) is 6. The van der Waals surface area contributed by atoms with Crippen molar-refractivity contribution in [1.29, 1.82) is 0 Å². The highest BCUT2D eigenvalue weighted by Crippen LogP contribution is 2.31. The lowest BCUT2D eigenvalue weighted by atomic mass is 10.0. The summed E-state index contributed by atoms with van der Waals surface area (Å²) in [5, 5.41) is 6.87. The number of ether oxygens (including phenoxy) is 1. The Kier molecular flexibility index (Phi) is 8.10. The molecule has 10 heteroatoms. The lowest BCUT2D eigenvalue weighted by Gasteiger charge is -2.40. The molecule has 2 aliphatic rings. The van der Waals surface area contributed by atoms with E-state index >= 15 is 0 Å². The van der Waals surface area contributed by atoms with E-state index in [9.17, 15) is 14.0 Å². The third kappa shape index (κ3) is 6.59.